The molecule has 1 aliphatic rings. The Labute approximate surface area is 231 Å². The molecule has 0 spiro atoms. The van der Waals surface area contributed by atoms with E-state index in [9.17, 15) is 9.90 Å². The van der Waals surface area contributed by atoms with Crippen LogP contribution in [0.15, 0.2) is 54.9 Å². The number of amides is 1. The summed E-state index contributed by atoms with van der Waals surface area (Å²) in [6.45, 7) is 5.68. The molecule has 3 N–H and O–H groups in total. The summed E-state index contributed by atoms with van der Waals surface area (Å²) in [6, 6.07) is 13.0. The van der Waals surface area contributed by atoms with Gasteiger partial charge in [-0.1, -0.05) is 0 Å². The second kappa shape index (κ2) is 12.5. The summed E-state index contributed by atoms with van der Waals surface area (Å²) in [6.07, 6.45) is 4.06. The number of aliphatic hydroxyl groups is 1. The molecule has 0 unspecified atom stereocenters. The largest absolute Gasteiger partial charge is 0.487 e. The first-order valence-corrected chi connectivity index (χ1v) is 13.8. The Morgan fingerprint density at radius 2 is 2.08 bits per heavy atom. The average Bonchev–Trinajstić information content (AvgIpc) is 3.67. The van der Waals surface area contributed by atoms with Gasteiger partial charge in [-0.3, -0.25) is 14.4 Å². The molecule has 4 heterocycles. The number of fused-ring (bicyclic) bond motifs is 1. The van der Waals surface area contributed by atoms with Gasteiger partial charge in [0, 0.05) is 68.1 Å². The first-order valence-electron chi connectivity index (χ1n) is 13.0. The zero-order valence-corrected chi connectivity index (χ0v) is 22.9. The Bertz CT molecular complexity index is 1420. The van der Waals surface area contributed by atoms with Crippen molar-refractivity contribution in [2.24, 2.45) is 0 Å². The number of carbonyl (C=O) groups is 1. The summed E-state index contributed by atoms with van der Waals surface area (Å²) in [4.78, 5) is 21.1. The van der Waals surface area contributed by atoms with Crippen molar-refractivity contribution in [3.8, 4) is 17.2 Å². The van der Waals surface area contributed by atoms with E-state index in [0.717, 1.165) is 35.3 Å². The first-order chi connectivity index (χ1) is 19.0. The normalized spacial score (nSPS) is 15.5. The Morgan fingerprint density at radius 3 is 2.87 bits per heavy atom. The Hall–Kier alpha value is -3.64. The SMILES string of the molecule is CCOCCOc1cc2c(ccn2NC)cc1Oc1ccnc(NC(=O)c2ccc(CN3CC[C@@H](O)C3)s2)c1. The van der Waals surface area contributed by atoms with E-state index in [4.69, 9.17) is 14.2 Å². The lowest BCUT2D eigenvalue weighted by atomic mass is 10.2. The van der Waals surface area contributed by atoms with E-state index in [1.165, 1.54) is 11.3 Å². The van der Waals surface area contributed by atoms with Gasteiger partial charge in [0.05, 0.1) is 23.1 Å². The quantitative estimate of drug-likeness (QED) is 0.224. The number of thiophene rings is 1. The van der Waals surface area contributed by atoms with Gasteiger partial charge in [-0.05, 0) is 43.7 Å². The van der Waals surface area contributed by atoms with Gasteiger partial charge in [0.15, 0.2) is 11.5 Å². The molecule has 11 heteroatoms. The summed E-state index contributed by atoms with van der Waals surface area (Å²) in [7, 11) is 1.85. The van der Waals surface area contributed by atoms with E-state index < -0.39 is 0 Å². The Morgan fingerprint density at radius 1 is 1.18 bits per heavy atom. The van der Waals surface area contributed by atoms with Gasteiger partial charge in [0.1, 0.15) is 18.2 Å². The van der Waals surface area contributed by atoms with E-state index in [2.05, 4.69) is 20.6 Å². The predicted octanol–water partition coefficient (Wildman–Crippen LogP) is 4.30. The molecule has 10 nitrogen and oxygen atoms in total. The van der Waals surface area contributed by atoms with Crippen molar-refractivity contribution in [3.63, 3.8) is 0 Å². The second-order valence-electron chi connectivity index (χ2n) is 9.19. The maximum absolute atomic E-state index is 12.9. The number of ether oxygens (including phenoxy) is 3. The van der Waals surface area contributed by atoms with Crippen LogP contribution in [0.1, 0.15) is 27.9 Å². The lowest BCUT2D eigenvalue weighted by Gasteiger charge is -2.14. The third kappa shape index (κ3) is 6.69. The molecule has 1 saturated heterocycles. The van der Waals surface area contributed by atoms with Crippen LogP contribution in [0.25, 0.3) is 10.9 Å². The monoisotopic (exact) mass is 551 g/mol. The summed E-state index contributed by atoms with van der Waals surface area (Å²) in [5, 5.41) is 13.6. The molecule has 206 valence electrons. The predicted molar refractivity (Wildman–Crippen MR) is 152 cm³/mol. The van der Waals surface area contributed by atoms with Crippen molar-refractivity contribution < 1.29 is 24.1 Å². The summed E-state index contributed by atoms with van der Waals surface area (Å²) in [5.41, 5.74) is 4.07. The van der Waals surface area contributed by atoms with Gasteiger partial charge in [-0.25, -0.2) is 4.98 Å². The first kappa shape index (κ1) is 26.9. The minimum absolute atomic E-state index is 0.230. The van der Waals surface area contributed by atoms with Crippen molar-refractivity contribution in [1.29, 1.82) is 0 Å². The van der Waals surface area contributed by atoms with Crippen molar-refractivity contribution in [3.05, 3.63) is 64.6 Å². The number of benzene rings is 1. The molecule has 1 fully saturated rings. The van der Waals surface area contributed by atoms with Gasteiger partial charge in [-0.2, -0.15) is 0 Å². The number of hydrogen-bond acceptors (Lipinski definition) is 9. The lowest BCUT2D eigenvalue weighted by Crippen LogP contribution is -2.20. The smallest absolute Gasteiger partial charge is 0.266 e. The molecule has 0 saturated carbocycles. The van der Waals surface area contributed by atoms with E-state index >= 15 is 0 Å². The topological polar surface area (TPSA) is 110 Å². The molecule has 5 rings (SSSR count). The number of nitrogens with zero attached hydrogens (tertiary/aromatic N) is 3. The fraction of sp³-hybridized carbons (Fsp3) is 0.357. The Kier molecular flexibility index (Phi) is 8.62. The molecular formula is C28H33N5O5S. The number of pyridine rings is 1. The minimum atomic E-state index is -0.262. The van der Waals surface area contributed by atoms with Crippen molar-refractivity contribution in [2.75, 3.05) is 50.7 Å². The van der Waals surface area contributed by atoms with Gasteiger partial charge in [0.2, 0.25) is 0 Å². The van der Waals surface area contributed by atoms with Gasteiger partial charge >= 0.3 is 0 Å². The third-order valence-corrected chi connectivity index (χ3v) is 7.47. The van der Waals surface area contributed by atoms with E-state index in [1.54, 1.807) is 18.3 Å². The summed E-state index contributed by atoms with van der Waals surface area (Å²) in [5.74, 6) is 1.80. The van der Waals surface area contributed by atoms with Crippen LogP contribution < -0.4 is 20.2 Å². The molecule has 4 aromatic rings. The van der Waals surface area contributed by atoms with Crippen molar-refractivity contribution >= 4 is 34.0 Å². The van der Waals surface area contributed by atoms with Crippen LogP contribution in [0.2, 0.25) is 0 Å². The van der Waals surface area contributed by atoms with E-state index in [0.29, 0.717) is 54.3 Å². The zero-order valence-electron chi connectivity index (χ0n) is 22.1. The van der Waals surface area contributed by atoms with Crippen LogP contribution in [0.3, 0.4) is 0 Å². The highest BCUT2D eigenvalue weighted by Crippen LogP contribution is 2.36. The molecule has 1 aromatic carbocycles. The maximum Gasteiger partial charge on any atom is 0.266 e. The number of likely N-dealkylation sites (tertiary alicyclic amines) is 1. The van der Waals surface area contributed by atoms with Crippen molar-refractivity contribution in [2.45, 2.75) is 26.0 Å². The number of hydrogen-bond donors (Lipinski definition) is 3. The summed E-state index contributed by atoms with van der Waals surface area (Å²) >= 11 is 1.44. The molecule has 0 radical (unpaired) electrons. The average molecular weight is 552 g/mol. The summed E-state index contributed by atoms with van der Waals surface area (Å²) < 4.78 is 19.5. The van der Waals surface area contributed by atoms with Crippen LogP contribution in [-0.4, -0.2) is 71.6 Å². The highest BCUT2D eigenvalue weighted by atomic mass is 32.1. The van der Waals surface area contributed by atoms with Gasteiger partial charge in [-0.15, -0.1) is 11.3 Å². The molecule has 39 heavy (non-hydrogen) atoms. The molecule has 0 aliphatic carbocycles. The number of aromatic nitrogens is 2. The van der Waals surface area contributed by atoms with Crippen LogP contribution >= 0.6 is 11.3 Å². The highest BCUT2D eigenvalue weighted by molar-refractivity contribution is 7.14. The number of aliphatic hydroxyl groups excluding tert-OH is 1. The maximum atomic E-state index is 12.9. The van der Waals surface area contributed by atoms with E-state index in [-0.39, 0.29) is 12.0 Å². The number of β-amino-alcohol motifs (C(OH)–C–C–N with tert-alkyl or cyclic N) is 1. The molecule has 3 aromatic heterocycles. The molecule has 1 aliphatic heterocycles. The van der Waals surface area contributed by atoms with Crippen LogP contribution in [0.4, 0.5) is 5.82 Å². The molecular weight excluding hydrogens is 518 g/mol. The standard InChI is InChI=1S/C28H33N5O5S/c1-3-36-12-13-37-24-16-23-19(7-11-33(23)29-2)14-25(24)38-21-6-9-30-27(15-21)31-28(35)26-5-4-22(39-26)18-32-10-8-20(34)17-32/h4-7,9,11,14-16,20,29,34H,3,8,10,12-13,17-18H2,1-2H3,(H,30,31,35)/t20-/m1/s1. The number of nitrogens with one attached hydrogen (secondary N) is 2. The van der Waals surface area contributed by atoms with Crippen molar-refractivity contribution in [1.82, 2.24) is 14.6 Å². The fourth-order valence-electron chi connectivity index (χ4n) is 4.49. The van der Waals surface area contributed by atoms with Crippen LogP contribution in [-0.2, 0) is 11.3 Å². The van der Waals surface area contributed by atoms with Crippen LogP contribution in [0.5, 0.6) is 17.2 Å². The van der Waals surface area contributed by atoms with Gasteiger partial charge in [0.25, 0.3) is 5.91 Å². The minimum Gasteiger partial charge on any atom is -0.487 e. The number of carbonyl (C=O) groups excluding carboxylic acids is 1. The highest BCUT2D eigenvalue weighted by Gasteiger charge is 2.21. The molecule has 1 atom stereocenters. The fourth-order valence-corrected chi connectivity index (χ4v) is 5.44. The number of anilines is 1. The zero-order chi connectivity index (χ0) is 27.2. The molecule has 0 bridgehead atoms. The van der Waals surface area contributed by atoms with E-state index in [1.807, 2.05) is 55.2 Å². The lowest BCUT2D eigenvalue weighted by molar-refractivity contribution is 0.103. The van der Waals surface area contributed by atoms with Gasteiger partial charge < -0.3 is 30.1 Å². The van der Waals surface area contributed by atoms with Crippen LogP contribution in [0, 0.1) is 0 Å². The second-order valence-corrected chi connectivity index (χ2v) is 10.4. The third-order valence-electron chi connectivity index (χ3n) is 6.40. The number of rotatable bonds is 12. The Balaban J connectivity index is 1.28. The molecule has 1 amide bonds.